The van der Waals surface area contributed by atoms with Gasteiger partial charge in [-0.25, -0.2) is 0 Å². The number of aryl methyl sites for hydroxylation is 1. The molecule has 144 valence electrons. The van der Waals surface area contributed by atoms with Crippen molar-refractivity contribution in [3.05, 3.63) is 65.2 Å². The molecule has 0 bridgehead atoms. The third-order valence-corrected chi connectivity index (χ3v) is 4.79. The largest absolute Gasteiger partial charge is 0.491 e. The van der Waals surface area contributed by atoms with Crippen molar-refractivity contribution in [2.24, 2.45) is 0 Å². The summed E-state index contributed by atoms with van der Waals surface area (Å²) in [5.41, 5.74) is 3.29. The number of hydrogen-bond donors (Lipinski definition) is 0. The fraction of sp³-hybridized carbons (Fsp3) is 0.409. The Morgan fingerprint density at radius 1 is 1.00 bits per heavy atom. The van der Waals surface area contributed by atoms with Crippen LogP contribution in [0.25, 0.3) is 0 Å². The van der Waals surface area contributed by atoms with Crippen molar-refractivity contribution in [1.29, 1.82) is 0 Å². The van der Waals surface area contributed by atoms with Crippen LogP contribution < -0.4 is 4.74 Å². The van der Waals surface area contributed by atoms with Gasteiger partial charge in [0.15, 0.2) is 0 Å². The van der Waals surface area contributed by atoms with E-state index in [1.54, 1.807) is 7.11 Å². The van der Waals surface area contributed by atoms with E-state index in [-0.39, 0.29) is 5.91 Å². The molecule has 1 amide bonds. The number of methoxy groups -OCH3 is 1. The third kappa shape index (κ3) is 5.55. The molecule has 0 N–H and O–H groups in total. The molecule has 1 aliphatic heterocycles. The molecule has 3 rings (SSSR count). The van der Waals surface area contributed by atoms with E-state index < -0.39 is 0 Å². The van der Waals surface area contributed by atoms with Crippen LogP contribution >= 0.6 is 0 Å². The molecule has 27 heavy (non-hydrogen) atoms. The van der Waals surface area contributed by atoms with E-state index in [4.69, 9.17) is 9.47 Å². The van der Waals surface area contributed by atoms with Gasteiger partial charge >= 0.3 is 0 Å². The normalized spacial score (nSPS) is 15.0. The zero-order chi connectivity index (χ0) is 19.1. The first-order valence-corrected chi connectivity index (χ1v) is 9.44. The van der Waals surface area contributed by atoms with Crippen molar-refractivity contribution in [1.82, 2.24) is 9.80 Å². The minimum Gasteiger partial charge on any atom is -0.491 e. The second kappa shape index (κ2) is 9.53. The summed E-state index contributed by atoms with van der Waals surface area (Å²) >= 11 is 0. The molecule has 0 unspecified atom stereocenters. The van der Waals surface area contributed by atoms with Crippen molar-refractivity contribution in [2.45, 2.75) is 13.5 Å². The molecule has 1 heterocycles. The fourth-order valence-electron chi connectivity index (χ4n) is 3.32. The van der Waals surface area contributed by atoms with E-state index in [1.807, 2.05) is 29.2 Å². The SMILES string of the molecule is COCCOc1cccc(C(=O)N2CCN(Cc3cccc(C)c3)CC2)c1. The quantitative estimate of drug-likeness (QED) is 0.705. The van der Waals surface area contributed by atoms with Crippen LogP contribution in [0.3, 0.4) is 0 Å². The predicted molar refractivity (Wildman–Crippen MR) is 106 cm³/mol. The molecule has 2 aromatic carbocycles. The summed E-state index contributed by atoms with van der Waals surface area (Å²) in [4.78, 5) is 17.2. The summed E-state index contributed by atoms with van der Waals surface area (Å²) in [5.74, 6) is 0.776. The molecule has 0 spiro atoms. The van der Waals surface area contributed by atoms with Crippen molar-refractivity contribution in [3.63, 3.8) is 0 Å². The average molecular weight is 368 g/mol. The van der Waals surface area contributed by atoms with Crippen LogP contribution in [0.4, 0.5) is 0 Å². The van der Waals surface area contributed by atoms with Gasteiger partial charge < -0.3 is 14.4 Å². The monoisotopic (exact) mass is 368 g/mol. The maximum atomic E-state index is 12.8. The minimum absolute atomic E-state index is 0.0717. The van der Waals surface area contributed by atoms with Crippen LogP contribution in [-0.2, 0) is 11.3 Å². The van der Waals surface area contributed by atoms with Crippen LogP contribution in [0.15, 0.2) is 48.5 Å². The van der Waals surface area contributed by atoms with Gasteiger partial charge in [0.05, 0.1) is 6.61 Å². The molecule has 0 radical (unpaired) electrons. The standard InChI is InChI=1S/C22H28N2O3/c1-18-5-3-6-19(15-18)17-23-9-11-24(12-10-23)22(25)20-7-4-8-21(16-20)27-14-13-26-2/h3-8,15-16H,9-14,17H2,1-2H3. The average Bonchev–Trinajstić information content (AvgIpc) is 2.69. The number of nitrogens with zero attached hydrogens (tertiary/aromatic N) is 2. The maximum absolute atomic E-state index is 12.8. The van der Waals surface area contributed by atoms with Gasteiger partial charge in [0, 0.05) is 45.4 Å². The summed E-state index contributed by atoms with van der Waals surface area (Å²) in [7, 11) is 1.64. The lowest BCUT2D eigenvalue weighted by Crippen LogP contribution is -2.48. The molecular formula is C22H28N2O3. The van der Waals surface area contributed by atoms with Gasteiger partial charge in [0.1, 0.15) is 12.4 Å². The second-order valence-electron chi connectivity index (χ2n) is 6.93. The highest BCUT2D eigenvalue weighted by Gasteiger charge is 2.22. The van der Waals surface area contributed by atoms with Crippen LogP contribution in [0.1, 0.15) is 21.5 Å². The van der Waals surface area contributed by atoms with Crippen LogP contribution in [0.2, 0.25) is 0 Å². The van der Waals surface area contributed by atoms with Gasteiger partial charge in [-0.2, -0.15) is 0 Å². The van der Waals surface area contributed by atoms with E-state index in [0.717, 1.165) is 32.7 Å². The number of amides is 1. The van der Waals surface area contributed by atoms with E-state index >= 15 is 0 Å². The van der Waals surface area contributed by atoms with Gasteiger partial charge in [-0.05, 0) is 30.7 Å². The lowest BCUT2D eigenvalue weighted by Gasteiger charge is -2.35. The highest BCUT2D eigenvalue weighted by atomic mass is 16.5. The number of piperazine rings is 1. The molecule has 0 atom stereocenters. The molecule has 0 saturated carbocycles. The summed E-state index contributed by atoms with van der Waals surface area (Å²) in [6, 6.07) is 16.0. The highest BCUT2D eigenvalue weighted by molar-refractivity contribution is 5.94. The molecule has 1 aliphatic rings. The Balaban J connectivity index is 1.53. The van der Waals surface area contributed by atoms with Crippen LogP contribution in [0, 0.1) is 6.92 Å². The Kier molecular flexibility index (Phi) is 6.85. The molecule has 2 aromatic rings. The Morgan fingerprint density at radius 2 is 1.78 bits per heavy atom. The van der Waals surface area contributed by atoms with Gasteiger partial charge in [0.2, 0.25) is 0 Å². The van der Waals surface area contributed by atoms with E-state index in [1.165, 1.54) is 11.1 Å². The van der Waals surface area contributed by atoms with Crippen molar-refractivity contribution >= 4 is 5.91 Å². The fourth-order valence-corrected chi connectivity index (χ4v) is 3.32. The van der Waals surface area contributed by atoms with Crippen molar-refractivity contribution < 1.29 is 14.3 Å². The number of carbonyl (C=O) groups is 1. The van der Waals surface area contributed by atoms with Crippen molar-refractivity contribution in [2.75, 3.05) is 46.5 Å². The molecule has 1 fully saturated rings. The first-order valence-electron chi connectivity index (χ1n) is 9.44. The first-order chi connectivity index (χ1) is 13.2. The first kappa shape index (κ1) is 19.4. The lowest BCUT2D eigenvalue weighted by atomic mass is 10.1. The van der Waals surface area contributed by atoms with Crippen LogP contribution in [-0.4, -0.2) is 62.2 Å². The van der Waals surface area contributed by atoms with Gasteiger partial charge in [-0.1, -0.05) is 35.9 Å². The predicted octanol–water partition coefficient (Wildman–Crippen LogP) is 2.98. The smallest absolute Gasteiger partial charge is 0.254 e. The molecule has 1 saturated heterocycles. The number of rotatable bonds is 7. The topological polar surface area (TPSA) is 42.0 Å². The summed E-state index contributed by atoms with van der Waals surface area (Å²) in [5, 5.41) is 0. The zero-order valence-corrected chi connectivity index (χ0v) is 16.2. The van der Waals surface area contributed by atoms with Gasteiger partial charge in [0.25, 0.3) is 5.91 Å². The van der Waals surface area contributed by atoms with E-state index in [0.29, 0.717) is 24.5 Å². The second-order valence-corrected chi connectivity index (χ2v) is 6.93. The van der Waals surface area contributed by atoms with E-state index in [9.17, 15) is 4.79 Å². The van der Waals surface area contributed by atoms with Gasteiger partial charge in [-0.3, -0.25) is 9.69 Å². The number of hydrogen-bond acceptors (Lipinski definition) is 4. The van der Waals surface area contributed by atoms with Gasteiger partial charge in [-0.15, -0.1) is 0 Å². The maximum Gasteiger partial charge on any atom is 0.254 e. The third-order valence-electron chi connectivity index (χ3n) is 4.79. The number of carbonyl (C=O) groups excluding carboxylic acids is 1. The Morgan fingerprint density at radius 3 is 2.52 bits per heavy atom. The Bertz CT molecular complexity index is 755. The molecule has 0 aliphatic carbocycles. The lowest BCUT2D eigenvalue weighted by molar-refractivity contribution is 0.0628. The minimum atomic E-state index is 0.0717. The Labute approximate surface area is 161 Å². The number of ether oxygens (including phenoxy) is 2. The summed E-state index contributed by atoms with van der Waals surface area (Å²) in [6.45, 7) is 7.35. The van der Waals surface area contributed by atoms with E-state index in [2.05, 4.69) is 36.1 Å². The molecule has 5 nitrogen and oxygen atoms in total. The van der Waals surface area contributed by atoms with Crippen LogP contribution in [0.5, 0.6) is 5.75 Å². The van der Waals surface area contributed by atoms with Crippen molar-refractivity contribution in [3.8, 4) is 5.75 Å². The highest BCUT2D eigenvalue weighted by Crippen LogP contribution is 2.17. The molecule has 0 aromatic heterocycles. The number of benzene rings is 2. The summed E-state index contributed by atoms with van der Waals surface area (Å²) < 4.78 is 10.6. The Hall–Kier alpha value is -2.37. The zero-order valence-electron chi connectivity index (χ0n) is 16.2. The summed E-state index contributed by atoms with van der Waals surface area (Å²) in [6.07, 6.45) is 0. The molecule has 5 heteroatoms. The molecular weight excluding hydrogens is 340 g/mol.